The SMILES string of the molecule is CC(C)(C)C[C@@H]1N[C@@H](C(=O)CC2CC(C)(C)C2)[C@H](c2cccc(F)c2F)[C@]12C(=O)Nc1cc(Cl)ccc12. The van der Waals surface area contributed by atoms with Crippen molar-refractivity contribution in [2.45, 2.75) is 83.7 Å². The average Bonchev–Trinajstić information content (AvgIpc) is 3.23. The van der Waals surface area contributed by atoms with Gasteiger partial charge in [-0.15, -0.1) is 0 Å². The summed E-state index contributed by atoms with van der Waals surface area (Å²) in [6.45, 7) is 10.6. The van der Waals surface area contributed by atoms with Crippen LogP contribution in [0, 0.1) is 28.4 Å². The Balaban J connectivity index is 1.69. The Morgan fingerprint density at radius 1 is 1.14 bits per heavy atom. The Bertz CT molecular complexity index is 1260. The third-order valence-corrected chi connectivity index (χ3v) is 8.69. The number of ketones is 1. The number of carbonyl (C=O) groups excluding carboxylic acids is 2. The van der Waals surface area contributed by atoms with Gasteiger partial charge in [-0.1, -0.05) is 64.4 Å². The number of nitrogens with one attached hydrogen (secondary N) is 2. The molecule has 0 bridgehead atoms. The first-order valence-corrected chi connectivity index (χ1v) is 13.4. The number of Topliss-reactive ketones (excluding diaryl/α,β-unsaturated/α-hetero) is 1. The predicted molar refractivity (Wildman–Crippen MR) is 142 cm³/mol. The molecule has 2 aromatic carbocycles. The first-order chi connectivity index (χ1) is 17.2. The lowest BCUT2D eigenvalue weighted by molar-refractivity contribution is -0.124. The molecule has 2 aromatic rings. The van der Waals surface area contributed by atoms with Gasteiger partial charge in [-0.3, -0.25) is 9.59 Å². The molecule has 198 valence electrons. The zero-order valence-electron chi connectivity index (χ0n) is 22.1. The van der Waals surface area contributed by atoms with Gasteiger partial charge in [0.2, 0.25) is 5.91 Å². The lowest BCUT2D eigenvalue weighted by Crippen LogP contribution is -2.49. The second kappa shape index (κ2) is 8.88. The van der Waals surface area contributed by atoms with E-state index in [0.29, 0.717) is 29.1 Å². The van der Waals surface area contributed by atoms with Crippen LogP contribution in [0.5, 0.6) is 0 Å². The minimum atomic E-state index is -1.30. The molecule has 1 saturated heterocycles. The van der Waals surface area contributed by atoms with Crippen LogP contribution in [0.15, 0.2) is 36.4 Å². The van der Waals surface area contributed by atoms with Gasteiger partial charge >= 0.3 is 0 Å². The van der Waals surface area contributed by atoms with Crippen molar-refractivity contribution in [1.82, 2.24) is 5.32 Å². The number of halogens is 3. The molecule has 2 N–H and O–H groups in total. The normalized spacial score (nSPS) is 28.8. The van der Waals surface area contributed by atoms with Crippen molar-refractivity contribution in [3.8, 4) is 0 Å². The maximum absolute atomic E-state index is 15.5. The number of rotatable bonds is 5. The third kappa shape index (κ3) is 4.40. The van der Waals surface area contributed by atoms with E-state index in [9.17, 15) is 14.0 Å². The third-order valence-electron chi connectivity index (χ3n) is 8.46. The van der Waals surface area contributed by atoms with Crippen LogP contribution >= 0.6 is 11.6 Å². The number of hydrogen-bond donors (Lipinski definition) is 2. The molecule has 0 radical (unpaired) electrons. The number of anilines is 1. The number of hydrogen-bond acceptors (Lipinski definition) is 3. The molecule has 2 aliphatic heterocycles. The fourth-order valence-electron chi connectivity index (χ4n) is 7.26. The van der Waals surface area contributed by atoms with Gasteiger partial charge in [-0.25, -0.2) is 8.78 Å². The number of carbonyl (C=O) groups is 2. The fourth-order valence-corrected chi connectivity index (χ4v) is 7.44. The van der Waals surface area contributed by atoms with Gasteiger partial charge in [-0.2, -0.15) is 0 Å². The largest absolute Gasteiger partial charge is 0.325 e. The quantitative estimate of drug-likeness (QED) is 0.450. The summed E-state index contributed by atoms with van der Waals surface area (Å²) in [6, 6.07) is 7.90. The molecule has 2 heterocycles. The van der Waals surface area contributed by atoms with Crippen LogP contribution in [-0.2, 0) is 15.0 Å². The van der Waals surface area contributed by atoms with Crippen molar-refractivity contribution in [2.24, 2.45) is 16.7 Å². The molecule has 1 spiro atoms. The molecule has 4 atom stereocenters. The van der Waals surface area contributed by atoms with Crippen LogP contribution < -0.4 is 10.6 Å². The van der Waals surface area contributed by atoms with Crippen molar-refractivity contribution in [2.75, 3.05) is 5.32 Å². The summed E-state index contributed by atoms with van der Waals surface area (Å²) in [5.41, 5.74) is -0.0375. The van der Waals surface area contributed by atoms with Crippen LogP contribution in [-0.4, -0.2) is 23.8 Å². The molecule has 4 nitrogen and oxygen atoms in total. The average molecular weight is 529 g/mol. The molecular weight excluding hydrogens is 494 g/mol. The van der Waals surface area contributed by atoms with Gasteiger partial charge in [0.25, 0.3) is 0 Å². The lowest BCUT2D eigenvalue weighted by atomic mass is 9.60. The molecule has 5 rings (SSSR count). The molecule has 3 aliphatic rings. The molecular formula is C30H35ClF2N2O2. The van der Waals surface area contributed by atoms with Gasteiger partial charge < -0.3 is 10.6 Å². The summed E-state index contributed by atoms with van der Waals surface area (Å²) in [4.78, 5) is 28.0. The van der Waals surface area contributed by atoms with Crippen molar-refractivity contribution >= 4 is 29.0 Å². The molecule has 37 heavy (non-hydrogen) atoms. The van der Waals surface area contributed by atoms with Gasteiger partial charge in [0, 0.05) is 29.1 Å². The molecule has 2 fully saturated rings. The molecule has 0 unspecified atom stereocenters. The van der Waals surface area contributed by atoms with E-state index in [-0.39, 0.29) is 34.0 Å². The molecule has 7 heteroatoms. The summed E-state index contributed by atoms with van der Waals surface area (Å²) in [6.07, 6.45) is 2.80. The summed E-state index contributed by atoms with van der Waals surface area (Å²) in [5, 5.41) is 6.93. The van der Waals surface area contributed by atoms with Crippen LogP contribution in [0.1, 0.15) is 77.3 Å². The molecule has 0 aromatic heterocycles. The summed E-state index contributed by atoms with van der Waals surface area (Å²) < 4.78 is 30.1. The Morgan fingerprint density at radius 3 is 2.49 bits per heavy atom. The molecule has 1 amide bonds. The smallest absolute Gasteiger partial charge is 0.237 e. The number of fused-ring (bicyclic) bond motifs is 2. The molecule has 1 aliphatic carbocycles. The highest BCUT2D eigenvalue weighted by atomic mass is 35.5. The standard InChI is InChI=1S/C30H35ClF2N2O2/c1-28(2,3)15-23-30(19-10-9-17(31)12-21(19)34-27(30)37)24(18-7-6-8-20(32)25(18)33)26(35-23)22(36)11-16-13-29(4,5)14-16/h6-10,12,16,23-24,26,35H,11,13-15H2,1-5H3,(H,34,37)/t23-,24-,26-,30+/m0/s1. The summed E-state index contributed by atoms with van der Waals surface area (Å²) in [5.74, 6) is -3.04. The zero-order valence-corrected chi connectivity index (χ0v) is 22.8. The Morgan fingerprint density at radius 2 is 1.84 bits per heavy atom. The van der Waals surface area contributed by atoms with Crippen LogP contribution in [0.25, 0.3) is 0 Å². The number of benzene rings is 2. The highest BCUT2D eigenvalue weighted by Gasteiger charge is 2.66. The van der Waals surface area contributed by atoms with Crippen molar-refractivity contribution in [1.29, 1.82) is 0 Å². The highest BCUT2D eigenvalue weighted by Crippen LogP contribution is 2.57. The van der Waals surface area contributed by atoms with Gasteiger partial charge in [0.05, 0.1) is 6.04 Å². The topological polar surface area (TPSA) is 58.2 Å². The molecule has 1 saturated carbocycles. The predicted octanol–water partition coefficient (Wildman–Crippen LogP) is 6.76. The zero-order chi connectivity index (χ0) is 26.9. The van der Waals surface area contributed by atoms with E-state index in [0.717, 1.165) is 18.9 Å². The second-order valence-electron chi connectivity index (χ2n) is 13.2. The van der Waals surface area contributed by atoms with Gasteiger partial charge in [-0.05, 0) is 65.3 Å². The van der Waals surface area contributed by atoms with Gasteiger partial charge in [0.15, 0.2) is 17.4 Å². The van der Waals surface area contributed by atoms with Crippen molar-refractivity contribution in [3.05, 3.63) is 64.2 Å². The van der Waals surface area contributed by atoms with Crippen molar-refractivity contribution < 1.29 is 18.4 Å². The van der Waals surface area contributed by atoms with Gasteiger partial charge in [0.1, 0.15) is 5.41 Å². The van der Waals surface area contributed by atoms with E-state index in [1.807, 2.05) is 0 Å². The van der Waals surface area contributed by atoms with Crippen molar-refractivity contribution in [3.63, 3.8) is 0 Å². The minimum absolute atomic E-state index is 0.0501. The van der Waals surface area contributed by atoms with E-state index in [4.69, 9.17) is 11.6 Å². The number of amides is 1. The first kappa shape index (κ1) is 26.3. The second-order valence-corrected chi connectivity index (χ2v) is 13.6. The maximum Gasteiger partial charge on any atom is 0.237 e. The Labute approximate surface area is 222 Å². The fraction of sp³-hybridized carbons (Fsp3) is 0.533. The Hall–Kier alpha value is -2.31. The van der Waals surface area contributed by atoms with Crippen LogP contribution in [0.3, 0.4) is 0 Å². The lowest BCUT2D eigenvalue weighted by Gasteiger charge is -2.43. The van der Waals surface area contributed by atoms with Crippen LogP contribution in [0.4, 0.5) is 14.5 Å². The monoisotopic (exact) mass is 528 g/mol. The Kier molecular flexibility index (Phi) is 6.31. The van der Waals surface area contributed by atoms with E-state index in [1.54, 1.807) is 18.2 Å². The highest BCUT2D eigenvalue weighted by molar-refractivity contribution is 6.31. The van der Waals surface area contributed by atoms with Crippen LogP contribution in [0.2, 0.25) is 5.02 Å². The first-order valence-electron chi connectivity index (χ1n) is 13.1. The minimum Gasteiger partial charge on any atom is -0.325 e. The van der Waals surface area contributed by atoms with E-state index in [2.05, 4.69) is 45.3 Å². The summed E-state index contributed by atoms with van der Waals surface area (Å²) >= 11 is 6.26. The maximum atomic E-state index is 15.5. The van der Waals surface area contributed by atoms with E-state index < -0.39 is 35.1 Å². The summed E-state index contributed by atoms with van der Waals surface area (Å²) in [7, 11) is 0. The van der Waals surface area contributed by atoms with E-state index >= 15 is 4.39 Å². The van der Waals surface area contributed by atoms with E-state index in [1.165, 1.54) is 12.1 Å².